The van der Waals surface area contributed by atoms with Gasteiger partial charge in [0.25, 0.3) is 0 Å². The van der Waals surface area contributed by atoms with Crippen LogP contribution < -0.4 is 0 Å². The zero-order valence-electron chi connectivity index (χ0n) is 7.35. The molecule has 5 heteroatoms. The SMILES string of the molecule is CC(=O)Sc1ccc(O)c(C(=O)O)c1. The van der Waals surface area contributed by atoms with Crippen molar-refractivity contribution in [2.45, 2.75) is 11.8 Å². The number of aromatic hydroxyl groups is 1. The number of rotatable bonds is 2. The predicted octanol–water partition coefficient (Wildman–Crippen LogP) is 1.73. The summed E-state index contributed by atoms with van der Waals surface area (Å²) in [6.45, 7) is 1.39. The summed E-state index contributed by atoms with van der Waals surface area (Å²) in [6, 6.07) is 4.02. The number of aromatic carboxylic acids is 1. The highest BCUT2D eigenvalue weighted by atomic mass is 32.2. The van der Waals surface area contributed by atoms with Crippen LogP contribution in [-0.4, -0.2) is 21.3 Å². The molecule has 74 valence electrons. The largest absolute Gasteiger partial charge is 0.507 e. The third kappa shape index (κ3) is 2.50. The monoisotopic (exact) mass is 212 g/mol. The number of hydrogen-bond donors (Lipinski definition) is 2. The van der Waals surface area contributed by atoms with Gasteiger partial charge in [-0.1, -0.05) is 11.8 Å². The molecule has 0 aromatic heterocycles. The van der Waals surface area contributed by atoms with E-state index < -0.39 is 5.97 Å². The van der Waals surface area contributed by atoms with Crippen molar-refractivity contribution in [1.29, 1.82) is 0 Å². The number of carboxylic acid groups (broad SMARTS) is 1. The van der Waals surface area contributed by atoms with Gasteiger partial charge in [0.1, 0.15) is 11.3 Å². The van der Waals surface area contributed by atoms with Crippen molar-refractivity contribution < 1.29 is 19.8 Å². The fraction of sp³-hybridized carbons (Fsp3) is 0.111. The van der Waals surface area contributed by atoms with Crippen molar-refractivity contribution in [2.75, 3.05) is 0 Å². The number of phenols is 1. The molecule has 14 heavy (non-hydrogen) atoms. The maximum absolute atomic E-state index is 10.7. The first kappa shape index (κ1) is 10.6. The van der Waals surface area contributed by atoms with Gasteiger partial charge in [-0.25, -0.2) is 4.79 Å². The number of carbonyl (C=O) groups is 2. The number of thioether (sulfide) groups is 1. The summed E-state index contributed by atoms with van der Waals surface area (Å²) in [5, 5.41) is 17.7. The average molecular weight is 212 g/mol. The second kappa shape index (κ2) is 4.15. The highest BCUT2D eigenvalue weighted by Crippen LogP contribution is 2.25. The van der Waals surface area contributed by atoms with E-state index in [9.17, 15) is 9.59 Å². The van der Waals surface area contributed by atoms with Gasteiger partial charge >= 0.3 is 5.97 Å². The smallest absolute Gasteiger partial charge is 0.339 e. The Morgan fingerprint density at radius 1 is 1.36 bits per heavy atom. The Balaban J connectivity index is 3.06. The average Bonchev–Trinajstić information content (AvgIpc) is 2.07. The number of hydrogen-bond acceptors (Lipinski definition) is 4. The fourth-order valence-electron chi connectivity index (χ4n) is 0.916. The molecule has 0 aliphatic heterocycles. The van der Waals surface area contributed by atoms with E-state index in [0.29, 0.717) is 4.90 Å². The van der Waals surface area contributed by atoms with E-state index in [2.05, 4.69) is 0 Å². The van der Waals surface area contributed by atoms with Gasteiger partial charge in [-0.05, 0) is 18.2 Å². The highest BCUT2D eigenvalue weighted by molar-refractivity contribution is 8.13. The molecule has 0 saturated heterocycles. The van der Waals surface area contributed by atoms with Gasteiger partial charge in [-0.3, -0.25) is 4.79 Å². The molecule has 0 atom stereocenters. The zero-order valence-corrected chi connectivity index (χ0v) is 8.17. The number of carbonyl (C=O) groups excluding carboxylic acids is 1. The van der Waals surface area contributed by atoms with Crippen molar-refractivity contribution in [3.05, 3.63) is 23.8 Å². The Labute approximate surface area is 84.6 Å². The van der Waals surface area contributed by atoms with Crippen LogP contribution in [0.25, 0.3) is 0 Å². The lowest BCUT2D eigenvalue weighted by atomic mass is 10.2. The summed E-state index contributed by atoms with van der Waals surface area (Å²) >= 11 is 0.925. The Bertz CT molecular complexity index is 386. The summed E-state index contributed by atoms with van der Waals surface area (Å²) in [5.74, 6) is -1.51. The summed E-state index contributed by atoms with van der Waals surface area (Å²) in [4.78, 5) is 21.8. The van der Waals surface area contributed by atoms with E-state index in [4.69, 9.17) is 10.2 Å². The molecule has 4 nitrogen and oxygen atoms in total. The molecule has 0 unspecified atom stereocenters. The second-order valence-corrected chi connectivity index (χ2v) is 3.83. The minimum atomic E-state index is -1.21. The quantitative estimate of drug-likeness (QED) is 0.730. The van der Waals surface area contributed by atoms with Crippen molar-refractivity contribution >= 4 is 22.8 Å². The Morgan fingerprint density at radius 3 is 2.50 bits per heavy atom. The minimum absolute atomic E-state index is 0.132. The van der Waals surface area contributed by atoms with Crippen LogP contribution in [0.15, 0.2) is 23.1 Å². The molecule has 1 aromatic rings. The van der Waals surface area contributed by atoms with Crippen LogP contribution in [0.2, 0.25) is 0 Å². The maximum atomic E-state index is 10.7. The van der Waals surface area contributed by atoms with Crippen molar-refractivity contribution in [2.24, 2.45) is 0 Å². The minimum Gasteiger partial charge on any atom is -0.507 e. The van der Waals surface area contributed by atoms with Gasteiger partial charge in [0.15, 0.2) is 5.12 Å². The van der Waals surface area contributed by atoms with Crippen LogP contribution in [0.3, 0.4) is 0 Å². The van der Waals surface area contributed by atoms with Gasteiger partial charge in [0.05, 0.1) is 0 Å². The molecule has 0 amide bonds. The molecular formula is C9H8O4S. The third-order valence-electron chi connectivity index (χ3n) is 1.46. The van der Waals surface area contributed by atoms with Gasteiger partial charge in [-0.15, -0.1) is 0 Å². The van der Waals surface area contributed by atoms with Crippen LogP contribution >= 0.6 is 11.8 Å². The molecule has 0 spiro atoms. The molecule has 0 heterocycles. The van der Waals surface area contributed by atoms with Crippen LogP contribution in [0.5, 0.6) is 5.75 Å². The third-order valence-corrected chi connectivity index (χ3v) is 2.24. The van der Waals surface area contributed by atoms with Crippen molar-refractivity contribution in [3.8, 4) is 5.75 Å². The van der Waals surface area contributed by atoms with Gasteiger partial charge in [0, 0.05) is 11.8 Å². The van der Waals surface area contributed by atoms with Crippen molar-refractivity contribution in [3.63, 3.8) is 0 Å². The topological polar surface area (TPSA) is 74.6 Å². The summed E-state index contributed by atoms with van der Waals surface area (Å²) in [6.07, 6.45) is 0. The molecule has 1 rings (SSSR count). The van der Waals surface area contributed by atoms with Gasteiger partial charge < -0.3 is 10.2 Å². The molecule has 1 aromatic carbocycles. The summed E-state index contributed by atoms with van der Waals surface area (Å²) < 4.78 is 0. The normalized spacial score (nSPS) is 9.79. The lowest BCUT2D eigenvalue weighted by Gasteiger charge is -2.01. The van der Waals surface area contributed by atoms with E-state index in [1.165, 1.54) is 25.1 Å². The van der Waals surface area contributed by atoms with Gasteiger partial charge in [0.2, 0.25) is 0 Å². The van der Waals surface area contributed by atoms with Gasteiger partial charge in [-0.2, -0.15) is 0 Å². The fourth-order valence-corrected chi connectivity index (χ4v) is 1.56. The Kier molecular flexibility index (Phi) is 3.14. The van der Waals surface area contributed by atoms with E-state index in [1.807, 2.05) is 0 Å². The number of carboxylic acids is 1. The molecule has 2 N–H and O–H groups in total. The highest BCUT2D eigenvalue weighted by Gasteiger charge is 2.10. The molecule has 0 radical (unpaired) electrons. The van der Waals surface area contributed by atoms with Crippen LogP contribution in [-0.2, 0) is 4.79 Å². The predicted molar refractivity (Wildman–Crippen MR) is 51.6 cm³/mol. The first-order valence-electron chi connectivity index (χ1n) is 3.75. The standard InChI is InChI=1S/C9H8O4S/c1-5(10)14-6-2-3-8(11)7(4-6)9(12)13/h2-4,11H,1H3,(H,12,13). The second-order valence-electron chi connectivity index (χ2n) is 2.58. The first-order valence-corrected chi connectivity index (χ1v) is 4.57. The van der Waals surface area contributed by atoms with Crippen LogP contribution in [0.4, 0.5) is 0 Å². The molecule has 0 aliphatic carbocycles. The molecule has 0 aliphatic rings. The maximum Gasteiger partial charge on any atom is 0.339 e. The first-order chi connectivity index (χ1) is 6.50. The molecular weight excluding hydrogens is 204 g/mol. The Morgan fingerprint density at radius 2 is 2.00 bits per heavy atom. The van der Waals surface area contributed by atoms with Crippen LogP contribution in [0.1, 0.15) is 17.3 Å². The zero-order chi connectivity index (χ0) is 10.7. The lowest BCUT2D eigenvalue weighted by Crippen LogP contribution is -1.97. The van der Waals surface area contributed by atoms with E-state index in [0.717, 1.165) is 11.8 Å². The lowest BCUT2D eigenvalue weighted by molar-refractivity contribution is -0.109. The summed E-state index contributed by atoms with van der Waals surface area (Å²) in [7, 11) is 0. The molecule has 0 bridgehead atoms. The molecule has 0 saturated carbocycles. The molecule has 0 fully saturated rings. The van der Waals surface area contributed by atoms with E-state index >= 15 is 0 Å². The Hall–Kier alpha value is -1.49. The van der Waals surface area contributed by atoms with E-state index in [1.54, 1.807) is 0 Å². The van der Waals surface area contributed by atoms with E-state index in [-0.39, 0.29) is 16.4 Å². The van der Waals surface area contributed by atoms with Crippen LogP contribution in [0, 0.1) is 0 Å². The number of benzene rings is 1. The van der Waals surface area contributed by atoms with Crippen molar-refractivity contribution in [1.82, 2.24) is 0 Å². The summed E-state index contributed by atoms with van der Waals surface area (Å²) in [5.41, 5.74) is -0.198.